The predicted molar refractivity (Wildman–Crippen MR) is 140 cm³/mol. The highest BCUT2D eigenvalue weighted by Gasteiger charge is 2.27. The van der Waals surface area contributed by atoms with Crippen molar-refractivity contribution < 1.29 is 14.6 Å². The summed E-state index contributed by atoms with van der Waals surface area (Å²) in [6.45, 7) is 5.88. The van der Waals surface area contributed by atoms with E-state index in [0.29, 0.717) is 23.6 Å². The Morgan fingerprint density at radius 1 is 1.08 bits per heavy atom. The number of nitrogens with one attached hydrogen (secondary N) is 1. The minimum atomic E-state index is -1.10. The molecule has 3 aromatic carbocycles. The van der Waals surface area contributed by atoms with Crippen LogP contribution in [0.4, 0.5) is 5.82 Å². The Bertz CT molecular complexity index is 1470. The van der Waals surface area contributed by atoms with Gasteiger partial charge in [0, 0.05) is 18.0 Å². The summed E-state index contributed by atoms with van der Waals surface area (Å²) in [6, 6.07) is 20.4. The van der Waals surface area contributed by atoms with E-state index in [1.807, 2.05) is 68.4 Å². The van der Waals surface area contributed by atoms with Crippen molar-refractivity contribution >= 4 is 23.4 Å². The van der Waals surface area contributed by atoms with E-state index in [-0.39, 0.29) is 16.4 Å². The van der Waals surface area contributed by atoms with Crippen LogP contribution in [-0.4, -0.2) is 20.6 Å². The van der Waals surface area contributed by atoms with Crippen LogP contribution in [0.2, 0.25) is 5.02 Å². The van der Waals surface area contributed by atoms with Crippen LogP contribution in [0.5, 0.6) is 5.75 Å². The maximum absolute atomic E-state index is 13.5. The van der Waals surface area contributed by atoms with E-state index in [9.17, 15) is 14.7 Å². The van der Waals surface area contributed by atoms with Gasteiger partial charge in [-0.3, -0.25) is 9.36 Å². The lowest BCUT2D eigenvalue weighted by Crippen LogP contribution is -2.34. The molecule has 36 heavy (non-hydrogen) atoms. The molecule has 0 saturated heterocycles. The third kappa shape index (κ3) is 5.11. The van der Waals surface area contributed by atoms with Crippen LogP contribution in [0, 0.1) is 6.92 Å². The molecule has 8 heteroatoms. The van der Waals surface area contributed by atoms with Gasteiger partial charge in [-0.15, -0.1) is 0 Å². The SMILES string of the molecule is Cc1c(C(=O)O)ccc(Cl)c1-n1ccnc(NC(C)(C)c2ccccc2OCc2ccccc2)c1=O. The molecular weight excluding hydrogens is 478 g/mol. The summed E-state index contributed by atoms with van der Waals surface area (Å²) >= 11 is 6.39. The number of halogens is 1. The molecule has 1 aromatic heterocycles. The van der Waals surface area contributed by atoms with E-state index in [1.165, 1.54) is 29.1 Å². The Labute approximate surface area is 214 Å². The number of aromatic carboxylic acids is 1. The van der Waals surface area contributed by atoms with E-state index in [0.717, 1.165) is 11.1 Å². The van der Waals surface area contributed by atoms with Crippen molar-refractivity contribution in [2.75, 3.05) is 5.32 Å². The van der Waals surface area contributed by atoms with Crippen molar-refractivity contribution in [3.63, 3.8) is 0 Å². The topological polar surface area (TPSA) is 93.4 Å². The van der Waals surface area contributed by atoms with Crippen LogP contribution in [0.3, 0.4) is 0 Å². The molecule has 0 radical (unpaired) electrons. The summed E-state index contributed by atoms with van der Waals surface area (Å²) in [5.41, 5.74) is 1.45. The zero-order chi connectivity index (χ0) is 25.9. The number of ether oxygens (including phenoxy) is 1. The molecule has 0 fully saturated rings. The first-order chi connectivity index (χ1) is 17.2. The molecule has 0 bridgehead atoms. The van der Waals surface area contributed by atoms with E-state index in [1.54, 1.807) is 6.92 Å². The van der Waals surface area contributed by atoms with Gasteiger partial charge in [-0.1, -0.05) is 60.1 Å². The molecule has 0 unspecified atom stereocenters. The molecule has 0 spiro atoms. The van der Waals surface area contributed by atoms with Crippen LogP contribution in [0.15, 0.2) is 83.9 Å². The minimum Gasteiger partial charge on any atom is -0.489 e. The van der Waals surface area contributed by atoms with Gasteiger partial charge in [-0.05, 0) is 50.1 Å². The summed E-state index contributed by atoms with van der Waals surface area (Å²) in [5.74, 6) is -0.321. The number of hydrogen-bond donors (Lipinski definition) is 2. The number of para-hydroxylation sites is 1. The van der Waals surface area contributed by atoms with Crippen LogP contribution in [0.25, 0.3) is 5.69 Å². The Hall–Kier alpha value is -4.10. The van der Waals surface area contributed by atoms with Gasteiger partial charge in [-0.2, -0.15) is 0 Å². The number of benzene rings is 3. The number of rotatable bonds is 8. The fraction of sp³-hybridized carbons (Fsp3) is 0.179. The molecule has 4 rings (SSSR count). The first kappa shape index (κ1) is 25.0. The highest BCUT2D eigenvalue weighted by atomic mass is 35.5. The molecule has 0 amide bonds. The van der Waals surface area contributed by atoms with Crippen molar-refractivity contribution in [2.45, 2.75) is 32.9 Å². The molecule has 2 N–H and O–H groups in total. The number of aromatic nitrogens is 2. The Morgan fingerprint density at radius 2 is 1.78 bits per heavy atom. The Balaban J connectivity index is 1.68. The average molecular weight is 504 g/mol. The highest BCUT2D eigenvalue weighted by Crippen LogP contribution is 2.32. The zero-order valence-corrected chi connectivity index (χ0v) is 20.9. The quantitative estimate of drug-likeness (QED) is 0.315. The first-order valence-corrected chi connectivity index (χ1v) is 11.7. The van der Waals surface area contributed by atoms with Crippen LogP contribution >= 0.6 is 11.6 Å². The second-order valence-corrected chi connectivity index (χ2v) is 9.25. The standard InChI is InChI=1S/C28H26ClN3O4/c1-18-20(27(34)35)13-14-22(29)24(18)32-16-15-30-25(26(32)33)31-28(2,3)21-11-7-8-12-23(21)36-17-19-9-5-4-6-10-19/h4-16H,17H2,1-3H3,(H,30,31)(H,34,35). The van der Waals surface area contributed by atoms with Crippen molar-refractivity contribution in [1.29, 1.82) is 0 Å². The third-order valence-corrected chi connectivity index (χ3v) is 6.23. The van der Waals surface area contributed by atoms with Gasteiger partial charge in [0.05, 0.1) is 21.8 Å². The second kappa shape index (κ2) is 10.3. The van der Waals surface area contributed by atoms with Crippen molar-refractivity contribution in [1.82, 2.24) is 9.55 Å². The minimum absolute atomic E-state index is 0.0671. The van der Waals surface area contributed by atoms with E-state index >= 15 is 0 Å². The van der Waals surface area contributed by atoms with Crippen LogP contribution < -0.4 is 15.6 Å². The maximum atomic E-state index is 13.5. The molecule has 0 aliphatic rings. The summed E-state index contributed by atoms with van der Waals surface area (Å²) in [5, 5.41) is 13.0. The highest BCUT2D eigenvalue weighted by molar-refractivity contribution is 6.32. The summed E-state index contributed by atoms with van der Waals surface area (Å²) in [6.07, 6.45) is 2.94. The summed E-state index contributed by atoms with van der Waals surface area (Å²) in [4.78, 5) is 29.4. The van der Waals surface area contributed by atoms with Gasteiger partial charge in [0.2, 0.25) is 0 Å². The lowest BCUT2D eigenvalue weighted by atomic mass is 9.93. The number of nitrogens with zero attached hydrogens (tertiary/aromatic N) is 2. The number of carbonyl (C=O) groups is 1. The van der Waals surface area contributed by atoms with Crippen molar-refractivity contribution in [3.05, 3.63) is 117 Å². The van der Waals surface area contributed by atoms with E-state index in [2.05, 4.69) is 10.3 Å². The molecule has 7 nitrogen and oxygen atoms in total. The van der Waals surface area contributed by atoms with Gasteiger partial charge in [0.15, 0.2) is 5.82 Å². The summed E-state index contributed by atoms with van der Waals surface area (Å²) in [7, 11) is 0. The number of carboxylic acids is 1. The fourth-order valence-corrected chi connectivity index (χ4v) is 4.37. The third-order valence-electron chi connectivity index (χ3n) is 5.92. The molecule has 4 aromatic rings. The Morgan fingerprint density at radius 3 is 2.50 bits per heavy atom. The largest absolute Gasteiger partial charge is 0.489 e. The van der Waals surface area contributed by atoms with Crippen LogP contribution in [0.1, 0.15) is 40.9 Å². The van der Waals surface area contributed by atoms with Gasteiger partial charge in [0.1, 0.15) is 12.4 Å². The van der Waals surface area contributed by atoms with Gasteiger partial charge in [0.25, 0.3) is 5.56 Å². The predicted octanol–water partition coefficient (Wildman–Crippen LogP) is 5.82. The van der Waals surface area contributed by atoms with Crippen molar-refractivity contribution in [2.24, 2.45) is 0 Å². The van der Waals surface area contributed by atoms with Crippen LogP contribution in [-0.2, 0) is 12.1 Å². The van der Waals surface area contributed by atoms with E-state index < -0.39 is 17.1 Å². The lowest BCUT2D eigenvalue weighted by Gasteiger charge is -2.29. The number of anilines is 1. The van der Waals surface area contributed by atoms with Crippen molar-refractivity contribution in [3.8, 4) is 11.4 Å². The van der Waals surface area contributed by atoms with E-state index in [4.69, 9.17) is 16.3 Å². The number of hydrogen-bond acceptors (Lipinski definition) is 5. The molecule has 0 atom stereocenters. The molecule has 0 aliphatic carbocycles. The Kier molecular flexibility index (Phi) is 7.12. The molecule has 184 valence electrons. The zero-order valence-electron chi connectivity index (χ0n) is 20.2. The average Bonchev–Trinajstić information content (AvgIpc) is 2.85. The number of carboxylic acid groups (broad SMARTS) is 1. The van der Waals surface area contributed by atoms with Gasteiger partial charge in [-0.25, -0.2) is 9.78 Å². The van der Waals surface area contributed by atoms with Gasteiger partial charge < -0.3 is 15.2 Å². The molecular formula is C28H26ClN3O4. The molecule has 0 saturated carbocycles. The smallest absolute Gasteiger partial charge is 0.336 e. The second-order valence-electron chi connectivity index (χ2n) is 8.85. The first-order valence-electron chi connectivity index (χ1n) is 11.3. The fourth-order valence-electron chi connectivity index (χ4n) is 4.08. The monoisotopic (exact) mass is 503 g/mol. The lowest BCUT2D eigenvalue weighted by molar-refractivity contribution is 0.0696. The summed E-state index contributed by atoms with van der Waals surface area (Å²) < 4.78 is 7.43. The van der Waals surface area contributed by atoms with Gasteiger partial charge >= 0.3 is 5.97 Å². The normalized spacial score (nSPS) is 11.2. The molecule has 1 heterocycles. The maximum Gasteiger partial charge on any atom is 0.336 e. The molecule has 0 aliphatic heterocycles.